The van der Waals surface area contributed by atoms with E-state index in [9.17, 15) is 19.2 Å². The Labute approximate surface area is 313 Å². The number of hydrogen-bond acceptors (Lipinski definition) is 8. The van der Waals surface area contributed by atoms with Gasteiger partial charge in [-0.3, -0.25) is 10.1 Å². The Morgan fingerprint density at radius 3 is 1.46 bits per heavy atom. The minimum Gasteiger partial charge on any atom is -0.445 e. The molecule has 0 heterocycles. The van der Waals surface area contributed by atoms with Gasteiger partial charge in [0.05, 0.1) is 12.1 Å². The Bertz CT molecular complexity index is 1230. The van der Waals surface area contributed by atoms with Crippen molar-refractivity contribution in [3.8, 4) is 0 Å². The molecule has 1 unspecified atom stereocenters. The van der Waals surface area contributed by atoms with Crippen molar-refractivity contribution in [3.05, 3.63) is 71.8 Å². The molecule has 2 aromatic rings. The van der Waals surface area contributed by atoms with Gasteiger partial charge in [-0.2, -0.15) is 0 Å². The minimum atomic E-state index is -0.806. The SMILES string of the molecule is CC(CNC(=O)OCc1ccccc1)[C@H](NCCCCCCCCCCCCCCCCN[C@H](C=O)C(C)C)C(=O)NC(=O)OCc1ccccc1. The average Bonchev–Trinajstić information content (AvgIpc) is 3.15. The molecule has 0 aliphatic carbocycles. The molecule has 0 spiro atoms. The van der Waals surface area contributed by atoms with Crippen LogP contribution in [0.25, 0.3) is 0 Å². The monoisotopic (exact) mass is 722 g/mol. The Morgan fingerprint density at radius 1 is 0.596 bits per heavy atom. The number of rotatable bonds is 29. The van der Waals surface area contributed by atoms with Crippen molar-refractivity contribution in [2.24, 2.45) is 11.8 Å². The van der Waals surface area contributed by atoms with Crippen molar-refractivity contribution in [3.63, 3.8) is 0 Å². The van der Waals surface area contributed by atoms with Crippen LogP contribution in [-0.4, -0.2) is 56.1 Å². The van der Waals surface area contributed by atoms with Crippen LogP contribution in [0.4, 0.5) is 9.59 Å². The molecule has 3 amide bonds. The summed E-state index contributed by atoms with van der Waals surface area (Å²) in [5.41, 5.74) is 1.71. The number of benzene rings is 2. The first-order chi connectivity index (χ1) is 25.3. The Hall–Kier alpha value is -3.76. The molecule has 0 saturated heterocycles. The molecule has 0 fully saturated rings. The van der Waals surface area contributed by atoms with Gasteiger partial charge in [0.25, 0.3) is 0 Å². The van der Waals surface area contributed by atoms with Crippen molar-refractivity contribution in [1.82, 2.24) is 21.3 Å². The normalized spacial score (nSPS) is 12.8. The molecule has 10 heteroatoms. The number of imide groups is 1. The standard InChI is InChI=1S/C42H66N4O6/c1-34(2)38(31-47)43-28-22-14-12-10-8-6-4-5-7-9-11-13-15-23-29-44-39(40(48)46-42(50)52-33-37-26-20-17-21-27-37)35(3)30-45-41(49)51-32-36-24-18-16-19-25-36/h16-21,24-27,31,34-35,38-39,43-44H,4-15,22-23,28-30,32-33H2,1-3H3,(H,45,49)(H,46,48,50)/t35?,38-,39+/m1/s1. The third kappa shape index (κ3) is 21.6. The van der Waals surface area contributed by atoms with Crippen LogP contribution in [0, 0.1) is 11.8 Å². The fourth-order valence-electron chi connectivity index (χ4n) is 5.96. The van der Waals surface area contributed by atoms with Crippen LogP contribution in [0.15, 0.2) is 60.7 Å². The second-order valence-electron chi connectivity index (χ2n) is 14.2. The van der Waals surface area contributed by atoms with E-state index in [2.05, 4.69) is 35.1 Å². The molecule has 0 radical (unpaired) electrons. The van der Waals surface area contributed by atoms with Gasteiger partial charge in [0, 0.05) is 6.54 Å². The molecule has 2 aromatic carbocycles. The van der Waals surface area contributed by atoms with Gasteiger partial charge >= 0.3 is 12.2 Å². The number of hydrogen-bond donors (Lipinski definition) is 4. The number of nitrogens with one attached hydrogen (secondary N) is 4. The number of aldehydes is 1. The molecule has 10 nitrogen and oxygen atoms in total. The average molecular weight is 723 g/mol. The van der Waals surface area contributed by atoms with E-state index in [0.717, 1.165) is 49.6 Å². The largest absolute Gasteiger partial charge is 0.445 e. The zero-order chi connectivity index (χ0) is 37.7. The number of ether oxygens (including phenoxy) is 2. The summed E-state index contributed by atoms with van der Waals surface area (Å²) < 4.78 is 10.6. The Morgan fingerprint density at radius 2 is 1.02 bits per heavy atom. The third-order valence-corrected chi connectivity index (χ3v) is 9.28. The van der Waals surface area contributed by atoms with E-state index in [0.29, 0.717) is 12.5 Å². The summed E-state index contributed by atoms with van der Waals surface area (Å²) in [6.45, 7) is 7.95. The summed E-state index contributed by atoms with van der Waals surface area (Å²) >= 11 is 0. The smallest absolute Gasteiger partial charge is 0.414 e. The lowest BCUT2D eigenvalue weighted by Crippen LogP contribution is -2.52. The van der Waals surface area contributed by atoms with E-state index in [4.69, 9.17) is 9.47 Å². The first kappa shape index (κ1) is 44.4. The lowest BCUT2D eigenvalue weighted by molar-refractivity contribution is -0.123. The topological polar surface area (TPSA) is 135 Å². The second kappa shape index (κ2) is 28.8. The van der Waals surface area contributed by atoms with Crippen LogP contribution in [0.3, 0.4) is 0 Å². The van der Waals surface area contributed by atoms with Gasteiger partial charge in [0.2, 0.25) is 5.91 Å². The van der Waals surface area contributed by atoms with Gasteiger partial charge in [0.15, 0.2) is 0 Å². The van der Waals surface area contributed by atoms with E-state index < -0.39 is 24.1 Å². The zero-order valence-electron chi connectivity index (χ0n) is 32.0. The van der Waals surface area contributed by atoms with E-state index in [1.165, 1.54) is 64.2 Å². The molecule has 52 heavy (non-hydrogen) atoms. The summed E-state index contributed by atoms with van der Waals surface area (Å²) in [5, 5.41) is 11.8. The lowest BCUT2D eigenvalue weighted by atomic mass is 10.0. The predicted octanol–water partition coefficient (Wildman–Crippen LogP) is 8.23. The molecule has 4 N–H and O–H groups in total. The molecule has 0 aromatic heterocycles. The maximum absolute atomic E-state index is 13.2. The van der Waals surface area contributed by atoms with Crippen LogP contribution >= 0.6 is 0 Å². The molecule has 0 aliphatic heterocycles. The minimum absolute atomic E-state index is 0.0188. The first-order valence-electron chi connectivity index (χ1n) is 19.7. The molecule has 0 aliphatic rings. The summed E-state index contributed by atoms with van der Waals surface area (Å²) in [5.74, 6) is -0.463. The van der Waals surface area contributed by atoms with Crippen LogP contribution in [0.1, 0.15) is 122 Å². The van der Waals surface area contributed by atoms with Crippen LogP contribution < -0.4 is 21.3 Å². The highest BCUT2D eigenvalue weighted by atomic mass is 16.6. The van der Waals surface area contributed by atoms with Crippen molar-refractivity contribution >= 4 is 24.4 Å². The summed E-state index contributed by atoms with van der Waals surface area (Å²) in [6, 6.07) is 18.0. The fraction of sp³-hybridized carbons (Fsp3) is 0.619. The molecule has 3 atom stereocenters. The summed E-state index contributed by atoms with van der Waals surface area (Å²) in [6.07, 6.45) is 16.7. The number of amides is 3. The van der Waals surface area contributed by atoms with Crippen LogP contribution in [0.5, 0.6) is 0 Å². The third-order valence-electron chi connectivity index (χ3n) is 9.28. The van der Waals surface area contributed by atoms with Gasteiger partial charge in [-0.05, 0) is 48.9 Å². The Balaban J connectivity index is 1.59. The van der Waals surface area contributed by atoms with E-state index in [1.807, 2.05) is 67.6 Å². The van der Waals surface area contributed by atoms with Crippen molar-refractivity contribution in [2.75, 3.05) is 19.6 Å². The van der Waals surface area contributed by atoms with Crippen molar-refractivity contribution in [2.45, 2.75) is 136 Å². The van der Waals surface area contributed by atoms with Crippen molar-refractivity contribution in [1.29, 1.82) is 0 Å². The maximum atomic E-state index is 13.2. The first-order valence-corrected chi connectivity index (χ1v) is 19.7. The van der Waals surface area contributed by atoms with Gasteiger partial charge in [-0.15, -0.1) is 0 Å². The predicted molar refractivity (Wildman–Crippen MR) is 208 cm³/mol. The number of carbonyl (C=O) groups excluding carboxylic acids is 4. The van der Waals surface area contributed by atoms with E-state index in [-0.39, 0.29) is 31.7 Å². The van der Waals surface area contributed by atoms with Crippen LogP contribution in [0.2, 0.25) is 0 Å². The second-order valence-corrected chi connectivity index (χ2v) is 14.2. The van der Waals surface area contributed by atoms with E-state index in [1.54, 1.807) is 0 Å². The van der Waals surface area contributed by atoms with Gasteiger partial charge in [-0.1, -0.05) is 158 Å². The highest BCUT2D eigenvalue weighted by Crippen LogP contribution is 2.13. The summed E-state index contributed by atoms with van der Waals surface area (Å²) in [4.78, 5) is 49.0. The molecule has 2 rings (SSSR count). The number of carbonyl (C=O) groups is 4. The van der Waals surface area contributed by atoms with E-state index >= 15 is 0 Å². The summed E-state index contributed by atoms with van der Waals surface area (Å²) in [7, 11) is 0. The molecule has 290 valence electrons. The molecule has 0 saturated carbocycles. The number of unbranched alkanes of at least 4 members (excludes halogenated alkanes) is 13. The lowest BCUT2D eigenvalue weighted by Gasteiger charge is -2.24. The van der Waals surface area contributed by atoms with Gasteiger partial charge < -0.3 is 30.2 Å². The Kier molecular flexibility index (Phi) is 24.6. The highest BCUT2D eigenvalue weighted by Gasteiger charge is 2.27. The van der Waals surface area contributed by atoms with Crippen molar-refractivity contribution < 1.29 is 28.7 Å². The quantitative estimate of drug-likeness (QED) is 0.0488. The molecular formula is C42H66N4O6. The number of alkyl carbamates (subject to hydrolysis) is 2. The molecule has 0 bridgehead atoms. The highest BCUT2D eigenvalue weighted by molar-refractivity contribution is 5.95. The van der Waals surface area contributed by atoms with Gasteiger partial charge in [-0.25, -0.2) is 9.59 Å². The van der Waals surface area contributed by atoms with Crippen LogP contribution in [-0.2, 0) is 32.3 Å². The molecular weight excluding hydrogens is 656 g/mol. The zero-order valence-corrected chi connectivity index (χ0v) is 32.0. The fourth-order valence-corrected chi connectivity index (χ4v) is 5.96. The maximum Gasteiger partial charge on any atom is 0.414 e. The van der Waals surface area contributed by atoms with Gasteiger partial charge in [0.1, 0.15) is 19.5 Å².